The number of hydrogen-bond acceptors (Lipinski definition) is 3. The van der Waals surface area contributed by atoms with E-state index in [-0.39, 0.29) is 10.8 Å². The van der Waals surface area contributed by atoms with Gasteiger partial charge in [0.2, 0.25) is 0 Å². The third-order valence-corrected chi connectivity index (χ3v) is 16.6. The van der Waals surface area contributed by atoms with Gasteiger partial charge in [0.05, 0.1) is 23.6 Å². The molecule has 0 N–H and O–H groups in total. The molecule has 0 unspecified atom stereocenters. The topological polar surface area (TPSA) is 34.6 Å². The number of rotatable bonds is 8. The highest BCUT2D eigenvalue weighted by Crippen LogP contribution is 2.66. The molecule has 77 heavy (non-hydrogen) atoms. The van der Waals surface area contributed by atoms with Crippen LogP contribution in [-0.4, -0.2) is 0 Å². The minimum absolute atomic E-state index is 0.0581. The summed E-state index contributed by atoms with van der Waals surface area (Å²) in [6, 6.07) is 74.3. The summed E-state index contributed by atoms with van der Waals surface area (Å²) in [5.74, 6) is 0.824. The number of hydrogen-bond donors (Lipinski definition) is 0. The zero-order valence-electron chi connectivity index (χ0n) is 45.9. The van der Waals surface area contributed by atoms with Crippen LogP contribution in [0.25, 0.3) is 48.6 Å². The van der Waals surface area contributed by atoms with Gasteiger partial charge in [0.1, 0.15) is 0 Å². The van der Waals surface area contributed by atoms with Crippen LogP contribution in [0.5, 0.6) is 0 Å². The Kier molecular flexibility index (Phi) is 11.7. The largest absolute Gasteiger partial charge is 0.311 e. The molecule has 10 aromatic rings. The molecule has 0 aliphatic heterocycles. The number of benzene rings is 10. The molecule has 0 radical (unpaired) electrons. The molecule has 0 saturated carbocycles. The van der Waals surface area contributed by atoms with E-state index < -0.39 is 5.41 Å². The Morgan fingerprint density at radius 1 is 0.429 bits per heavy atom. The Hall–Kier alpha value is -8.70. The fourth-order valence-corrected chi connectivity index (χ4v) is 12.4. The van der Waals surface area contributed by atoms with Crippen molar-refractivity contribution in [2.24, 2.45) is 0 Å². The SMILES string of the molecule is [C-]#[N+]c1ccc(N(c2ccc(C(C)C)cc2)c2ccc3c4c(ccc3c2)-c2ccc3cc(N(c5ccc(C#N)cc5)c5ccc(C(C)C)cc5)ccc3c2C42c3ccc(C(C)(C)C)cc3-c3cc(C(C)(C)C)ccc32)cc1. The standard InChI is InChI=1S/C73H64N4/c1-45(2)48-14-26-56(27-15-48)76(55-24-12-47(44-74)13-25-55)59-32-36-61-50(40-59)18-34-63-64-35-19-51-41-60(77(58-30-22-54(75-11)23-31-58)57-28-16-49(17-29-57)46(3)4)33-37-62(51)70(64)73(69(61)63)67-38-20-52(71(5,6)7)42-65(67)66-43-53(72(8,9)10)21-39-68(66)73/h12-43,45-46H,1-10H3. The van der Waals surface area contributed by atoms with Gasteiger partial charge in [-0.05, 0) is 196 Å². The van der Waals surface area contributed by atoms with E-state index >= 15 is 0 Å². The monoisotopic (exact) mass is 997 g/mol. The lowest BCUT2D eigenvalue weighted by Crippen LogP contribution is -2.27. The van der Waals surface area contributed by atoms with E-state index in [1.165, 1.54) is 77.5 Å². The summed E-state index contributed by atoms with van der Waals surface area (Å²) in [5, 5.41) is 14.6. The van der Waals surface area contributed by atoms with Crippen molar-refractivity contribution >= 4 is 61.4 Å². The average Bonchev–Trinajstić information content (AvgIpc) is 3.83. The zero-order chi connectivity index (χ0) is 53.7. The van der Waals surface area contributed by atoms with Gasteiger partial charge in [-0.2, -0.15) is 5.26 Å². The minimum Gasteiger partial charge on any atom is -0.311 e. The summed E-state index contributed by atoms with van der Waals surface area (Å²) in [4.78, 5) is 8.37. The van der Waals surface area contributed by atoms with Gasteiger partial charge in [-0.25, -0.2) is 4.85 Å². The van der Waals surface area contributed by atoms with Gasteiger partial charge in [0.25, 0.3) is 0 Å². The third-order valence-electron chi connectivity index (χ3n) is 16.6. The number of nitriles is 1. The van der Waals surface area contributed by atoms with Crippen LogP contribution in [0.15, 0.2) is 194 Å². The molecule has 1 spiro atoms. The summed E-state index contributed by atoms with van der Waals surface area (Å²) in [6.45, 7) is 30.6. The highest BCUT2D eigenvalue weighted by Gasteiger charge is 2.54. The van der Waals surface area contributed by atoms with Crippen LogP contribution in [0, 0.1) is 17.9 Å². The second-order valence-corrected chi connectivity index (χ2v) is 24.0. The summed E-state index contributed by atoms with van der Waals surface area (Å²) < 4.78 is 0. The van der Waals surface area contributed by atoms with E-state index in [1.807, 2.05) is 24.3 Å². The van der Waals surface area contributed by atoms with Crippen molar-refractivity contribution in [1.29, 1.82) is 5.26 Å². The molecule has 0 saturated heterocycles. The van der Waals surface area contributed by atoms with Crippen LogP contribution in [0.3, 0.4) is 0 Å². The van der Waals surface area contributed by atoms with E-state index in [9.17, 15) is 5.26 Å². The first-order valence-corrected chi connectivity index (χ1v) is 27.2. The van der Waals surface area contributed by atoms with E-state index in [0.717, 1.165) is 44.9 Å². The van der Waals surface area contributed by atoms with E-state index in [4.69, 9.17) is 6.57 Å². The second kappa shape index (κ2) is 18.3. The molecule has 4 heteroatoms. The lowest BCUT2D eigenvalue weighted by atomic mass is 9.68. The number of anilines is 6. The first-order valence-electron chi connectivity index (χ1n) is 27.2. The molecular weight excluding hydrogens is 933 g/mol. The smallest absolute Gasteiger partial charge is 0.187 e. The number of fused-ring (bicyclic) bond motifs is 14. The lowest BCUT2D eigenvalue weighted by molar-refractivity contribution is 0.589. The summed E-state index contributed by atoms with van der Waals surface area (Å²) in [7, 11) is 0. The van der Waals surface area contributed by atoms with Crippen molar-refractivity contribution in [2.45, 2.75) is 97.3 Å². The maximum absolute atomic E-state index is 9.79. The van der Waals surface area contributed by atoms with Crippen molar-refractivity contribution in [2.75, 3.05) is 9.80 Å². The quantitative estimate of drug-likeness (QED) is 0.142. The summed E-state index contributed by atoms with van der Waals surface area (Å²) >= 11 is 0. The van der Waals surface area contributed by atoms with Gasteiger partial charge in [0, 0.05) is 34.1 Å². The molecule has 4 nitrogen and oxygen atoms in total. The lowest BCUT2D eigenvalue weighted by Gasteiger charge is -2.33. The van der Waals surface area contributed by atoms with Gasteiger partial charge < -0.3 is 9.80 Å². The summed E-state index contributed by atoms with van der Waals surface area (Å²) in [6.07, 6.45) is 0. The van der Waals surface area contributed by atoms with Crippen LogP contribution in [0.2, 0.25) is 0 Å². The van der Waals surface area contributed by atoms with E-state index in [0.29, 0.717) is 23.1 Å². The van der Waals surface area contributed by atoms with E-state index in [1.54, 1.807) is 0 Å². The van der Waals surface area contributed by atoms with Crippen LogP contribution >= 0.6 is 0 Å². The first kappa shape index (κ1) is 49.2. The molecule has 376 valence electrons. The molecule has 0 amide bonds. The van der Waals surface area contributed by atoms with Crippen molar-refractivity contribution in [3.05, 3.63) is 256 Å². The van der Waals surface area contributed by atoms with E-state index in [2.05, 4.69) is 260 Å². The fourth-order valence-electron chi connectivity index (χ4n) is 12.4. The van der Waals surface area contributed by atoms with Crippen molar-refractivity contribution in [3.63, 3.8) is 0 Å². The molecule has 2 aliphatic rings. The molecule has 0 aromatic heterocycles. The molecule has 2 aliphatic carbocycles. The van der Waals surface area contributed by atoms with Crippen molar-refractivity contribution in [3.8, 4) is 28.3 Å². The molecule has 0 heterocycles. The van der Waals surface area contributed by atoms with Gasteiger partial charge in [-0.3, -0.25) is 0 Å². The molecule has 10 aromatic carbocycles. The highest BCUT2D eigenvalue weighted by molar-refractivity contribution is 6.10. The van der Waals surface area contributed by atoms with Crippen molar-refractivity contribution in [1.82, 2.24) is 0 Å². The molecule has 0 fully saturated rings. The molecule has 0 bridgehead atoms. The van der Waals surface area contributed by atoms with Gasteiger partial charge >= 0.3 is 0 Å². The van der Waals surface area contributed by atoms with Crippen molar-refractivity contribution < 1.29 is 0 Å². The maximum atomic E-state index is 9.79. The Labute approximate surface area is 455 Å². The fraction of sp³-hybridized carbons (Fsp3) is 0.205. The Bertz CT molecular complexity index is 3790. The Morgan fingerprint density at radius 3 is 1.17 bits per heavy atom. The van der Waals surface area contributed by atoms with Gasteiger partial charge in [-0.15, -0.1) is 0 Å². The molecule has 12 rings (SSSR count). The maximum Gasteiger partial charge on any atom is 0.187 e. The average molecular weight is 997 g/mol. The van der Waals surface area contributed by atoms with Crippen LogP contribution < -0.4 is 9.80 Å². The Morgan fingerprint density at radius 2 is 0.805 bits per heavy atom. The highest BCUT2D eigenvalue weighted by atomic mass is 15.1. The second-order valence-electron chi connectivity index (χ2n) is 24.0. The zero-order valence-corrected chi connectivity index (χ0v) is 45.9. The van der Waals surface area contributed by atoms with Gasteiger partial charge in [-0.1, -0.05) is 178 Å². The minimum atomic E-state index is -0.661. The van der Waals surface area contributed by atoms with Gasteiger partial charge in [0.15, 0.2) is 5.69 Å². The van der Waals surface area contributed by atoms with Crippen LogP contribution in [-0.2, 0) is 16.2 Å². The molecular formula is C73H64N4. The third kappa shape index (κ3) is 8.01. The Balaban J connectivity index is 1.13. The predicted molar refractivity (Wildman–Crippen MR) is 324 cm³/mol. The molecule has 0 atom stereocenters. The van der Waals surface area contributed by atoms with Crippen LogP contribution in [0.1, 0.15) is 131 Å². The van der Waals surface area contributed by atoms with Crippen LogP contribution in [0.4, 0.5) is 39.8 Å². The normalized spacial score (nSPS) is 13.1. The number of nitrogens with zero attached hydrogens (tertiary/aromatic N) is 4. The summed E-state index contributed by atoms with van der Waals surface area (Å²) in [5.41, 5.74) is 22.3. The predicted octanol–water partition coefficient (Wildman–Crippen LogP) is 20.5. The first-order chi connectivity index (χ1) is 37.0.